The second kappa shape index (κ2) is 7.33. The van der Waals surface area contributed by atoms with Crippen molar-refractivity contribution in [3.05, 3.63) is 35.4 Å². The van der Waals surface area contributed by atoms with Crippen molar-refractivity contribution in [1.82, 2.24) is 10.2 Å². The minimum absolute atomic E-state index is 0.0505. The molecule has 120 valence electrons. The zero-order chi connectivity index (χ0) is 16.1. The molecule has 2 rings (SSSR count). The molecule has 2 amide bonds. The fourth-order valence-electron chi connectivity index (χ4n) is 2.35. The molecule has 1 saturated heterocycles. The van der Waals surface area contributed by atoms with Gasteiger partial charge in [-0.3, -0.25) is 9.59 Å². The molecule has 1 aromatic carbocycles. The summed E-state index contributed by atoms with van der Waals surface area (Å²) in [6.07, 6.45) is 3.12. The molecule has 22 heavy (non-hydrogen) atoms. The molecule has 1 N–H and O–H groups in total. The van der Waals surface area contributed by atoms with Crippen LogP contribution in [0, 0.1) is 17.6 Å². The quantitative estimate of drug-likeness (QED) is 0.820. The minimum Gasteiger partial charge on any atom is -0.356 e. The predicted octanol–water partition coefficient (Wildman–Crippen LogP) is 2.34. The van der Waals surface area contributed by atoms with Gasteiger partial charge in [-0.2, -0.15) is 0 Å². The van der Waals surface area contributed by atoms with Crippen molar-refractivity contribution >= 4 is 11.8 Å². The van der Waals surface area contributed by atoms with Gasteiger partial charge in [-0.05, 0) is 24.6 Å². The Labute approximate surface area is 128 Å². The van der Waals surface area contributed by atoms with Gasteiger partial charge < -0.3 is 10.2 Å². The summed E-state index contributed by atoms with van der Waals surface area (Å²) in [5.74, 6) is -2.67. The Bertz CT molecular complexity index is 557. The van der Waals surface area contributed by atoms with Gasteiger partial charge in [0.15, 0.2) is 11.6 Å². The molecule has 1 aliphatic rings. The molecule has 0 bridgehead atoms. The van der Waals surface area contributed by atoms with Crippen molar-refractivity contribution < 1.29 is 18.4 Å². The number of hydrogen-bond acceptors (Lipinski definition) is 2. The molecular weight excluding hydrogens is 290 g/mol. The van der Waals surface area contributed by atoms with Gasteiger partial charge in [-0.15, -0.1) is 0 Å². The third-order valence-corrected chi connectivity index (χ3v) is 3.79. The number of rotatable bonds is 6. The van der Waals surface area contributed by atoms with E-state index in [4.69, 9.17) is 0 Å². The second-order valence-corrected chi connectivity index (χ2v) is 5.53. The van der Waals surface area contributed by atoms with Crippen molar-refractivity contribution in [2.24, 2.45) is 5.92 Å². The second-order valence-electron chi connectivity index (χ2n) is 5.53. The lowest BCUT2D eigenvalue weighted by molar-refractivity contribution is -0.128. The Kier molecular flexibility index (Phi) is 5.46. The van der Waals surface area contributed by atoms with Crippen LogP contribution in [0.3, 0.4) is 0 Å². The molecule has 0 aromatic heterocycles. The van der Waals surface area contributed by atoms with Crippen LogP contribution in [0.25, 0.3) is 0 Å². The lowest BCUT2D eigenvalue weighted by Crippen LogP contribution is -2.55. The molecule has 0 radical (unpaired) electrons. The maximum Gasteiger partial charge on any atom is 0.254 e. The fraction of sp³-hybridized carbons (Fsp3) is 0.500. The largest absolute Gasteiger partial charge is 0.356 e. The Morgan fingerprint density at radius 2 is 1.95 bits per heavy atom. The highest BCUT2D eigenvalue weighted by atomic mass is 19.2. The van der Waals surface area contributed by atoms with Crippen LogP contribution in [0.1, 0.15) is 36.5 Å². The zero-order valence-electron chi connectivity index (χ0n) is 12.6. The zero-order valence-corrected chi connectivity index (χ0v) is 12.6. The Balaban J connectivity index is 1.79. The van der Waals surface area contributed by atoms with Crippen LogP contribution in [-0.4, -0.2) is 36.3 Å². The molecule has 1 heterocycles. The molecule has 0 saturated carbocycles. The lowest BCUT2D eigenvalue weighted by Gasteiger charge is -2.38. The average molecular weight is 310 g/mol. The van der Waals surface area contributed by atoms with Crippen LogP contribution in [-0.2, 0) is 4.79 Å². The summed E-state index contributed by atoms with van der Waals surface area (Å²) in [6.45, 7) is 3.38. The molecule has 1 aliphatic heterocycles. The number of carbonyl (C=O) groups excluding carboxylic acids is 2. The summed E-state index contributed by atoms with van der Waals surface area (Å²) in [4.78, 5) is 25.4. The van der Waals surface area contributed by atoms with Gasteiger partial charge in [0.1, 0.15) is 0 Å². The highest BCUT2D eigenvalue weighted by Crippen LogP contribution is 2.20. The van der Waals surface area contributed by atoms with E-state index in [2.05, 4.69) is 12.2 Å². The summed E-state index contributed by atoms with van der Waals surface area (Å²) < 4.78 is 26.0. The van der Waals surface area contributed by atoms with Crippen molar-refractivity contribution in [3.63, 3.8) is 0 Å². The lowest BCUT2D eigenvalue weighted by atomic mass is 9.97. The highest BCUT2D eigenvalue weighted by Gasteiger charge is 2.35. The number of hydrogen-bond donors (Lipinski definition) is 1. The number of halogens is 2. The number of unbranched alkanes of at least 4 members (excludes halogenated alkanes) is 2. The van der Waals surface area contributed by atoms with Gasteiger partial charge >= 0.3 is 0 Å². The van der Waals surface area contributed by atoms with Gasteiger partial charge in [0, 0.05) is 25.2 Å². The third-order valence-electron chi connectivity index (χ3n) is 3.79. The summed E-state index contributed by atoms with van der Waals surface area (Å²) in [7, 11) is 0. The van der Waals surface area contributed by atoms with Crippen molar-refractivity contribution in [3.8, 4) is 0 Å². The number of carbonyl (C=O) groups is 2. The SMILES string of the molecule is CCCCCNC(=O)C1CN(C(=O)c2ccc(F)c(F)c2)C1. The summed E-state index contributed by atoms with van der Waals surface area (Å²) in [6, 6.07) is 3.06. The first kappa shape index (κ1) is 16.4. The maximum absolute atomic E-state index is 13.1. The van der Waals surface area contributed by atoms with Gasteiger partial charge in [0.25, 0.3) is 5.91 Å². The maximum atomic E-state index is 13.1. The van der Waals surface area contributed by atoms with Crippen molar-refractivity contribution in [2.75, 3.05) is 19.6 Å². The third kappa shape index (κ3) is 3.81. The van der Waals surface area contributed by atoms with Gasteiger partial charge in [-0.1, -0.05) is 19.8 Å². The van der Waals surface area contributed by atoms with E-state index in [1.165, 1.54) is 11.0 Å². The highest BCUT2D eigenvalue weighted by molar-refractivity contribution is 5.96. The fourth-order valence-corrected chi connectivity index (χ4v) is 2.35. The number of nitrogens with one attached hydrogen (secondary N) is 1. The van der Waals surface area contributed by atoms with E-state index in [9.17, 15) is 18.4 Å². The van der Waals surface area contributed by atoms with E-state index in [-0.39, 0.29) is 23.3 Å². The van der Waals surface area contributed by atoms with E-state index in [1.807, 2.05) is 0 Å². The van der Waals surface area contributed by atoms with Crippen LogP contribution >= 0.6 is 0 Å². The minimum atomic E-state index is -1.04. The number of amides is 2. The number of benzene rings is 1. The van der Waals surface area contributed by atoms with Gasteiger partial charge in [0.2, 0.25) is 5.91 Å². The van der Waals surface area contributed by atoms with Crippen LogP contribution < -0.4 is 5.32 Å². The van der Waals surface area contributed by atoms with Crippen molar-refractivity contribution in [1.29, 1.82) is 0 Å². The van der Waals surface area contributed by atoms with Gasteiger partial charge in [-0.25, -0.2) is 8.78 Å². The average Bonchev–Trinajstić information content (AvgIpc) is 2.45. The smallest absolute Gasteiger partial charge is 0.254 e. The van der Waals surface area contributed by atoms with E-state index in [0.717, 1.165) is 31.4 Å². The predicted molar refractivity (Wildman–Crippen MR) is 78.3 cm³/mol. The standard InChI is InChI=1S/C16H20F2N2O2/c1-2-3-4-7-19-15(21)12-9-20(10-12)16(22)11-5-6-13(17)14(18)8-11/h5-6,8,12H,2-4,7,9-10H2,1H3,(H,19,21). The molecule has 0 aliphatic carbocycles. The molecule has 1 fully saturated rings. The number of likely N-dealkylation sites (tertiary alicyclic amines) is 1. The van der Waals surface area contributed by atoms with Crippen LogP contribution in [0.4, 0.5) is 8.78 Å². The first-order chi connectivity index (χ1) is 10.5. The molecule has 0 atom stereocenters. The van der Waals surface area contributed by atoms with E-state index < -0.39 is 11.6 Å². The first-order valence-electron chi connectivity index (χ1n) is 7.55. The Morgan fingerprint density at radius 1 is 1.23 bits per heavy atom. The van der Waals surface area contributed by atoms with E-state index in [0.29, 0.717) is 19.6 Å². The summed E-state index contributed by atoms with van der Waals surface area (Å²) in [5.41, 5.74) is 0.0979. The number of nitrogens with zero attached hydrogens (tertiary/aromatic N) is 1. The van der Waals surface area contributed by atoms with E-state index in [1.54, 1.807) is 0 Å². The van der Waals surface area contributed by atoms with Crippen LogP contribution in [0.15, 0.2) is 18.2 Å². The summed E-state index contributed by atoms with van der Waals surface area (Å²) in [5, 5.41) is 2.85. The molecule has 0 unspecified atom stereocenters. The van der Waals surface area contributed by atoms with Crippen molar-refractivity contribution in [2.45, 2.75) is 26.2 Å². The van der Waals surface area contributed by atoms with Gasteiger partial charge in [0.05, 0.1) is 5.92 Å². The molecule has 4 nitrogen and oxygen atoms in total. The summed E-state index contributed by atoms with van der Waals surface area (Å²) >= 11 is 0. The molecular formula is C16H20F2N2O2. The van der Waals surface area contributed by atoms with Crippen LogP contribution in [0.2, 0.25) is 0 Å². The monoisotopic (exact) mass is 310 g/mol. The van der Waals surface area contributed by atoms with Crippen LogP contribution in [0.5, 0.6) is 0 Å². The van der Waals surface area contributed by atoms with E-state index >= 15 is 0 Å². The Morgan fingerprint density at radius 3 is 2.59 bits per heavy atom. The molecule has 6 heteroatoms. The first-order valence-corrected chi connectivity index (χ1v) is 7.55. The molecule has 0 spiro atoms. The normalized spacial score (nSPS) is 14.6. The molecule has 1 aromatic rings. The topological polar surface area (TPSA) is 49.4 Å². The Hall–Kier alpha value is -1.98.